The predicted octanol–water partition coefficient (Wildman–Crippen LogP) is 0.856. The van der Waals surface area contributed by atoms with E-state index in [4.69, 9.17) is 11.6 Å². The number of hydrogen-bond donors (Lipinski definition) is 1. The number of imide groups is 2. The normalized spacial score (nSPS) is 14.0. The quantitative estimate of drug-likeness (QED) is 0.568. The van der Waals surface area contributed by atoms with Gasteiger partial charge >= 0.3 is 17.8 Å². The fourth-order valence-corrected chi connectivity index (χ4v) is 2.63. The van der Waals surface area contributed by atoms with Crippen LogP contribution in [0.5, 0.6) is 0 Å². The van der Waals surface area contributed by atoms with Gasteiger partial charge in [0.15, 0.2) is 0 Å². The molecule has 1 heterocycles. The highest BCUT2D eigenvalue weighted by molar-refractivity contribution is 6.44. The van der Waals surface area contributed by atoms with E-state index in [1.807, 2.05) is 0 Å². The van der Waals surface area contributed by atoms with E-state index in [0.717, 1.165) is 12.6 Å². The first-order valence-electron chi connectivity index (χ1n) is 8.13. The highest BCUT2D eigenvalue weighted by Crippen LogP contribution is 2.20. The van der Waals surface area contributed by atoms with Gasteiger partial charge < -0.3 is 10.2 Å². The summed E-state index contributed by atoms with van der Waals surface area (Å²) in [6.45, 7) is 2.75. The Labute approximate surface area is 160 Å². The molecule has 0 unspecified atom stereocenters. The summed E-state index contributed by atoms with van der Waals surface area (Å²) in [5.41, 5.74) is 1.32. The average Bonchev–Trinajstić information content (AvgIpc) is 2.80. The molecule has 1 N–H and O–H groups in total. The van der Waals surface area contributed by atoms with Crippen LogP contribution >= 0.6 is 11.6 Å². The Hall–Kier alpha value is -2.94. The number of anilines is 1. The fourth-order valence-electron chi connectivity index (χ4n) is 2.46. The van der Waals surface area contributed by atoms with Crippen molar-refractivity contribution in [1.82, 2.24) is 14.7 Å². The lowest BCUT2D eigenvalue weighted by molar-refractivity contribution is -0.144. The number of halogens is 1. The molecule has 1 aliphatic heterocycles. The predicted molar refractivity (Wildman–Crippen MR) is 97.0 cm³/mol. The minimum atomic E-state index is -1.06. The van der Waals surface area contributed by atoms with Crippen LogP contribution in [-0.4, -0.2) is 71.0 Å². The van der Waals surface area contributed by atoms with Crippen molar-refractivity contribution in [3.63, 3.8) is 0 Å². The molecule has 1 fully saturated rings. The number of rotatable bonds is 6. The summed E-state index contributed by atoms with van der Waals surface area (Å²) in [4.78, 5) is 62.1. The Bertz CT molecular complexity index is 826. The molecule has 1 saturated heterocycles. The minimum Gasteiger partial charge on any atom is -0.332 e. The van der Waals surface area contributed by atoms with Crippen LogP contribution in [-0.2, 0) is 19.2 Å². The van der Waals surface area contributed by atoms with E-state index in [1.54, 1.807) is 32.0 Å². The molecule has 144 valence electrons. The van der Waals surface area contributed by atoms with Crippen molar-refractivity contribution in [1.29, 1.82) is 0 Å². The number of urea groups is 1. The number of amides is 6. The van der Waals surface area contributed by atoms with Crippen LogP contribution < -0.4 is 5.32 Å². The summed E-state index contributed by atoms with van der Waals surface area (Å²) in [7, 11) is 1.16. The topological polar surface area (TPSA) is 107 Å². The lowest BCUT2D eigenvalue weighted by atomic mass is 10.2. The molecular formula is C17H19ClN4O5. The van der Waals surface area contributed by atoms with Gasteiger partial charge in [0.1, 0.15) is 6.54 Å². The van der Waals surface area contributed by atoms with Crippen LogP contribution in [0.3, 0.4) is 0 Å². The summed E-state index contributed by atoms with van der Waals surface area (Å²) in [6, 6.07) is 4.17. The Balaban J connectivity index is 2.01. The highest BCUT2D eigenvalue weighted by atomic mass is 35.5. The zero-order valence-corrected chi connectivity index (χ0v) is 15.9. The number of hydrogen-bond acceptors (Lipinski definition) is 5. The maximum atomic E-state index is 12.4. The van der Waals surface area contributed by atoms with Crippen molar-refractivity contribution >= 4 is 46.9 Å². The summed E-state index contributed by atoms with van der Waals surface area (Å²) in [6.07, 6.45) is 0. The molecule has 0 spiro atoms. The van der Waals surface area contributed by atoms with E-state index in [1.165, 1.54) is 4.90 Å². The van der Waals surface area contributed by atoms with Gasteiger partial charge in [-0.05, 0) is 31.5 Å². The number of nitrogens with one attached hydrogen (secondary N) is 1. The molecule has 2 rings (SSSR count). The second-order valence-electron chi connectivity index (χ2n) is 5.95. The zero-order valence-electron chi connectivity index (χ0n) is 15.1. The van der Waals surface area contributed by atoms with Gasteiger partial charge in [-0.3, -0.25) is 24.1 Å². The molecule has 9 nitrogen and oxygen atoms in total. The van der Waals surface area contributed by atoms with Crippen molar-refractivity contribution in [2.75, 3.05) is 32.0 Å². The minimum absolute atomic E-state index is 0.181. The van der Waals surface area contributed by atoms with E-state index in [9.17, 15) is 24.0 Å². The number of carbonyl (C=O) groups is 5. The molecule has 6 amide bonds. The van der Waals surface area contributed by atoms with Gasteiger partial charge in [0.05, 0.1) is 6.54 Å². The van der Waals surface area contributed by atoms with Crippen LogP contribution in [0.15, 0.2) is 18.2 Å². The molecule has 0 aliphatic carbocycles. The Morgan fingerprint density at radius 2 is 1.85 bits per heavy atom. The molecule has 1 aliphatic rings. The van der Waals surface area contributed by atoms with Crippen LogP contribution in [0.1, 0.15) is 12.5 Å². The number of nitrogens with zero attached hydrogens (tertiary/aromatic N) is 3. The first kappa shape index (κ1) is 20.4. The van der Waals surface area contributed by atoms with Gasteiger partial charge in [0.25, 0.3) is 0 Å². The van der Waals surface area contributed by atoms with E-state index in [-0.39, 0.29) is 13.1 Å². The summed E-state index contributed by atoms with van der Waals surface area (Å²) in [5, 5.41) is 3.13. The first-order chi connectivity index (χ1) is 12.6. The Morgan fingerprint density at radius 1 is 1.19 bits per heavy atom. The molecule has 0 bridgehead atoms. The maximum absolute atomic E-state index is 12.4. The molecule has 0 aromatic heterocycles. The van der Waals surface area contributed by atoms with E-state index in [2.05, 4.69) is 5.32 Å². The van der Waals surface area contributed by atoms with Gasteiger partial charge in [-0.2, -0.15) is 0 Å². The SMILES string of the molecule is CCN(CC(=O)Nc1cc(Cl)ccc1C)C(=O)CN1C(=O)C(=O)N(C)C1=O. The monoisotopic (exact) mass is 394 g/mol. The molecule has 27 heavy (non-hydrogen) atoms. The van der Waals surface area contributed by atoms with Crippen LogP contribution in [0.4, 0.5) is 10.5 Å². The van der Waals surface area contributed by atoms with Gasteiger partial charge in [-0.1, -0.05) is 17.7 Å². The molecule has 0 radical (unpaired) electrons. The Morgan fingerprint density at radius 3 is 2.41 bits per heavy atom. The standard InChI is InChI=1S/C17H19ClN4O5/c1-4-21(8-13(23)19-12-7-11(18)6-5-10(12)2)14(24)9-22-16(26)15(25)20(3)17(22)27/h5-7H,4,8-9H2,1-3H3,(H,19,23). The second kappa shape index (κ2) is 8.17. The largest absolute Gasteiger partial charge is 0.334 e. The summed E-state index contributed by atoms with van der Waals surface area (Å²) in [5.74, 6) is -3.14. The van der Waals surface area contributed by atoms with Crippen molar-refractivity contribution in [2.45, 2.75) is 13.8 Å². The van der Waals surface area contributed by atoms with Gasteiger partial charge in [0.2, 0.25) is 11.8 Å². The number of likely N-dealkylation sites (N-methyl/N-ethyl adjacent to an activating group) is 2. The summed E-state index contributed by atoms with van der Waals surface area (Å²) < 4.78 is 0. The van der Waals surface area contributed by atoms with Crippen molar-refractivity contribution in [3.8, 4) is 0 Å². The second-order valence-corrected chi connectivity index (χ2v) is 6.39. The van der Waals surface area contributed by atoms with Crippen molar-refractivity contribution in [3.05, 3.63) is 28.8 Å². The Kier molecular flexibility index (Phi) is 6.17. The maximum Gasteiger partial charge on any atom is 0.334 e. The molecular weight excluding hydrogens is 376 g/mol. The van der Waals surface area contributed by atoms with Crippen molar-refractivity contribution in [2.24, 2.45) is 0 Å². The number of aryl methyl sites for hydroxylation is 1. The third-order valence-corrected chi connectivity index (χ3v) is 4.32. The van der Waals surface area contributed by atoms with Crippen LogP contribution in [0.25, 0.3) is 0 Å². The average molecular weight is 395 g/mol. The van der Waals surface area contributed by atoms with Crippen LogP contribution in [0.2, 0.25) is 5.02 Å². The molecule has 1 aromatic carbocycles. The van der Waals surface area contributed by atoms with E-state index >= 15 is 0 Å². The van der Waals surface area contributed by atoms with Crippen LogP contribution in [0, 0.1) is 6.92 Å². The molecule has 0 atom stereocenters. The smallest absolute Gasteiger partial charge is 0.332 e. The van der Waals surface area contributed by atoms with Gasteiger partial charge in [-0.25, -0.2) is 9.69 Å². The van der Waals surface area contributed by atoms with Crippen molar-refractivity contribution < 1.29 is 24.0 Å². The van der Waals surface area contributed by atoms with Gasteiger partial charge in [0, 0.05) is 24.3 Å². The number of benzene rings is 1. The third kappa shape index (κ3) is 4.43. The zero-order chi connectivity index (χ0) is 20.3. The number of carbonyl (C=O) groups excluding carboxylic acids is 5. The summed E-state index contributed by atoms with van der Waals surface area (Å²) >= 11 is 5.91. The van der Waals surface area contributed by atoms with E-state index in [0.29, 0.717) is 20.5 Å². The molecule has 0 saturated carbocycles. The lowest BCUT2D eigenvalue weighted by Gasteiger charge is -2.22. The van der Waals surface area contributed by atoms with E-state index < -0.39 is 36.2 Å². The molecule has 10 heteroatoms. The lowest BCUT2D eigenvalue weighted by Crippen LogP contribution is -2.45. The first-order valence-corrected chi connectivity index (χ1v) is 8.50. The third-order valence-electron chi connectivity index (χ3n) is 4.09. The van der Waals surface area contributed by atoms with Gasteiger partial charge in [-0.15, -0.1) is 0 Å². The fraction of sp³-hybridized carbons (Fsp3) is 0.353. The highest BCUT2D eigenvalue weighted by Gasteiger charge is 2.43. The molecule has 1 aromatic rings.